The topological polar surface area (TPSA) is 78.9 Å². The summed E-state index contributed by atoms with van der Waals surface area (Å²) in [7, 11) is 0. The highest BCUT2D eigenvalue weighted by Crippen LogP contribution is 2.30. The number of furan rings is 1. The molecular weight excluding hydrogens is 545 g/mol. The lowest BCUT2D eigenvalue weighted by atomic mass is 10.1. The van der Waals surface area contributed by atoms with Crippen LogP contribution in [0.1, 0.15) is 16.2 Å². The summed E-state index contributed by atoms with van der Waals surface area (Å²) in [5.74, 6) is 0.464. The quantitative estimate of drug-likeness (QED) is 0.195. The summed E-state index contributed by atoms with van der Waals surface area (Å²) < 4.78 is 6.74. The van der Waals surface area contributed by atoms with E-state index in [1.165, 1.54) is 17.4 Å². The van der Waals surface area contributed by atoms with Crippen molar-refractivity contribution in [1.29, 1.82) is 5.26 Å². The van der Waals surface area contributed by atoms with Gasteiger partial charge in [0.05, 0.1) is 10.0 Å². The summed E-state index contributed by atoms with van der Waals surface area (Å²) in [6, 6.07) is 18.5. The van der Waals surface area contributed by atoms with Crippen LogP contribution in [0.3, 0.4) is 0 Å². The number of thiazole rings is 1. The lowest BCUT2D eigenvalue weighted by molar-refractivity contribution is -0.112. The third-order valence-corrected chi connectivity index (χ3v) is 6.88. The van der Waals surface area contributed by atoms with Crippen LogP contribution in [-0.4, -0.2) is 10.9 Å². The van der Waals surface area contributed by atoms with Crippen molar-refractivity contribution in [2.45, 2.75) is 6.42 Å². The molecule has 0 radical (unpaired) electrons. The summed E-state index contributed by atoms with van der Waals surface area (Å²) in [4.78, 5) is 17.7. The number of benzene rings is 2. The number of nitriles is 1. The molecule has 4 aromatic rings. The van der Waals surface area contributed by atoms with Crippen LogP contribution in [-0.2, 0) is 11.2 Å². The fourth-order valence-electron chi connectivity index (χ4n) is 2.97. The van der Waals surface area contributed by atoms with Gasteiger partial charge >= 0.3 is 0 Å². The van der Waals surface area contributed by atoms with E-state index in [1.807, 2.05) is 42.5 Å². The van der Waals surface area contributed by atoms with Crippen molar-refractivity contribution in [3.8, 4) is 17.4 Å². The Hall–Kier alpha value is -2.89. The monoisotopic (exact) mass is 557 g/mol. The lowest BCUT2D eigenvalue weighted by Gasteiger charge is -2.03. The first-order valence-electron chi connectivity index (χ1n) is 9.59. The molecule has 2 aromatic carbocycles. The zero-order valence-electron chi connectivity index (χ0n) is 16.8. The summed E-state index contributed by atoms with van der Waals surface area (Å²) in [6.07, 6.45) is 3.58. The number of anilines is 1. The van der Waals surface area contributed by atoms with Gasteiger partial charge in [-0.1, -0.05) is 63.4 Å². The average Bonchev–Trinajstić information content (AvgIpc) is 3.45. The van der Waals surface area contributed by atoms with E-state index < -0.39 is 5.91 Å². The first-order chi connectivity index (χ1) is 15.9. The van der Waals surface area contributed by atoms with Crippen molar-refractivity contribution in [3.63, 3.8) is 0 Å². The third kappa shape index (κ3) is 5.73. The van der Waals surface area contributed by atoms with E-state index >= 15 is 0 Å². The number of nitrogens with one attached hydrogen (secondary N) is 1. The minimum atomic E-state index is -0.569. The van der Waals surface area contributed by atoms with E-state index in [2.05, 4.69) is 26.2 Å². The molecule has 2 heterocycles. The predicted molar refractivity (Wildman–Crippen MR) is 135 cm³/mol. The Bertz CT molecular complexity index is 1390. The molecule has 4 rings (SSSR count). The Balaban J connectivity index is 1.45. The number of carbonyl (C=O) groups is 1. The largest absolute Gasteiger partial charge is 0.457 e. The molecule has 164 valence electrons. The molecule has 0 atom stereocenters. The number of rotatable bonds is 6. The van der Waals surface area contributed by atoms with E-state index in [4.69, 9.17) is 27.6 Å². The Kier molecular flexibility index (Phi) is 7.31. The van der Waals surface area contributed by atoms with Crippen LogP contribution in [0.25, 0.3) is 17.4 Å². The molecule has 0 unspecified atom stereocenters. The average molecular weight is 559 g/mol. The number of amides is 1. The van der Waals surface area contributed by atoms with Crippen molar-refractivity contribution in [3.05, 3.63) is 97.1 Å². The number of halogens is 3. The predicted octanol–water partition coefficient (Wildman–Crippen LogP) is 7.61. The van der Waals surface area contributed by atoms with Crippen LogP contribution in [0.4, 0.5) is 5.13 Å². The van der Waals surface area contributed by atoms with Gasteiger partial charge in [0.25, 0.3) is 5.91 Å². The first-order valence-corrected chi connectivity index (χ1v) is 12.0. The van der Waals surface area contributed by atoms with Gasteiger partial charge in [0, 0.05) is 33.6 Å². The number of nitrogens with zero attached hydrogens (tertiary/aromatic N) is 2. The van der Waals surface area contributed by atoms with Crippen LogP contribution in [0, 0.1) is 11.3 Å². The van der Waals surface area contributed by atoms with Crippen LogP contribution >= 0.6 is 50.5 Å². The van der Waals surface area contributed by atoms with E-state index in [9.17, 15) is 10.1 Å². The summed E-state index contributed by atoms with van der Waals surface area (Å²) in [5, 5.41) is 13.5. The van der Waals surface area contributed by atoms with Crippen molar-refractivity contribution in [2.24, 2.45) is 0 Å². The molecule has 0 aliphatic carbocycles. The molecule has 0 aliphatic heterocycles. The minimum absolute atomic E-state index is 0.0960. The van der Waals surface area contributed by atoms with Gasteiger partial charge < -0.3 is 4.42 Å². The normalized spacial score (nSPS) is 11.3. The SMILES string of the molecule is N#CC(=Cc1ccc(-c2ccc(Br)cc2)o1)C(=O)Nc1ncc(Cc2cccc(Cl)c2Cl)s1. The van der Waals surface area contributed by atoms with E-state index in [0.717, 1.165) is 20.5 Å². The second-order valence-electron chi connectivity index (χ2n) is 6.85. The second kappa shape index (κ2) is 10.4. The van der Waals surface area contributed by atoms with Crippen molar-refractivity contribution >= 4 is 67.6 Å². The van der Waals surface area contributed by atoms with E-state index in [1.54, 1.807) is 24.4 Å². The van der Waals surface area contributed by atoms with Crippen molar-refractivity contribution in [1.82, 2.24) is 4.98 Å². The molecular formula is C24H14BrCl2N3O2S. The minimum Gasteiger partial charge on any atom is -0.457 e. The fraction of sp³-hybridized carbons (Fsp3) is 0.0417. The molecule has 0 spiro atoms. The Morgan fingerprint density at radius 2 is 1.97 bits per heavy atom. The van der Waals surface area contributed by atoms with Gasteiger partial charge in [0.15, 0.2) is 5.13 Å². The van der Waals surface area contributed by atoms with Crippen molar-refractivity contribution < 1.29 is 9.21 Å². The molecule has 33 heavy (non-hydrogen) atoms. The van der Waals surface area contributed by atoms with Gasteiger partial charge in [-0.2, -0.15) is 5.26 Å². The third-order valence-electron chi connectivity index (χ3n) is 4.58. The van der Waals surface area contributed by atoms with Crippen LogP contribution < -0.4 is 5.32 Å². The van der Waals surface area contributed by atoms with Gasteiger partial charge in [-0.15, -0.1) is 11.3 Å². The van der Waals surface area contributed by atoms with Crippen LogP contribution in [0.5, 0.6) is 0 Å². The fourth-order valence-corrected chi connectivity index (χ4v) is 4.46. The Morgan fingerprint density at radius 1 is 1.18 bits per heavy atom. The maximum Gasteiger partial charge on any atom is 0.268 e. The van der Waals surface area contributed by atoms with Gasteiger partial charge in [-0.3, -0.25) is 10.1 Å². The molecule has 0 bridgehead atoms. The van der Waals surface area contributed by atoms with Crippen LogP contribution in [0.2, 0.25) is 10.0 Å². The zero-order valence-corrected chi connectivity index (χ0v) is 20.7. The molecule has 1 amide bonds. The molecule has 0 fully saturated rings. The summed E-state index contributed by atoms with van der Waals surface area (Å²) >= 11 is 17.0. The number of hydrogen-bond acceptors (Lipinski definition) is 5. The number of carbonyl (C=O) groups excluding carboxylic acids is 1. The highest BCUT2D eigenvalue weighted by atomic mass is 79.9. The van der Waals surface area contributed by atoms with Gasteiger partial charge in [0.2, 0.25) is 0 Å². The molecule has 5 nitrogen and oxygen atoms in total. The van der Waals surface area contributed by atoms with E-state index in [-0.39, 0.29) is 5.57 Å². The molecule has 0 saturated carbocycles. The zero-order chi connectivity index (χ0) is 23.4. The summed E-state index contributed by atoms with van der Waals surface area (Å²) in [5.41, 5.74) is 1.65. The smallest absolute Gasteiger partial charge is 0.268 e. The highest BCUT2D eigenvalue weighted by Gasteiger charge is 2.14. The Labute approximate surface area is 212 Å². The van der Waals surface area contributed by atoms with Gasteiger partial charge in [0.1, 0.15) is 23.2 Å². The Morgan fingerprint density at radius 3 is 2.73 bits per heavy atom. The maximum absolute atomic E-state index is 12.6. The molecule has 0 aliphatic rings. The maximum atomic E-state index is 12.6. The number of aromatic nitrogens is 1. The van der Waals surface area contributed by atoms with Crippen molar-refractivity contribution in [2.75, 3.05) is 5.32 Å². The molecule has 9 heteroatoms. The lowest BCUT2D eigenvalue weighted by Crippen LogP contribution is -2.13. The molecule has 2 aromatic heterocycles. The van der Waals surface area contributed by atoms with Crippen LogP contribution in [0.15, 0.2) is 75.3 Å². The van der Waals surface area contributed by atoms with Gasteiger partial charge in [-0.25, -0.2) is 4.98 Å². The number of hydrogen-bond donors (Lipinski definition) is 1. The molecule has 1 N–H and O–H groups in total. The highest BCUT2D eigenvalue weighted by molar-refractivity contribution is 9.10. The second-order valence-corrected chi connectivity index (χ2v) is 9.67. The van der Waals surface area contributed by atoms with E-state index in [0.29, 0.717) is 33.1 Å². The molecule has 0 saturated heterocycles. The standard InChI is InChI=1S/C24H14BrCl2N3O2S/c25-17-6-4-14(5-7-17)21-9-8-18(32-21)10-16(12-28)23(31)30-24-29-13-19(33-24)11-15-2-1-3-20(26)22(15)27/h1-10,13H,11H2,(H,29,30,31). The summed E-state index contributed by atoms with van der Waals surface area (Å²) in [6.45, 7) is 0. The first kappa shape index (κ1) is 23.3. The van der Waals surface area contributed by atoms with Gasteiger partial charge in [-0.05, 0) is 35.9 Å².